The summed E-state index contributed by atoms with van der Waals surface area (Å²) in [5.41, 5.74) is 8.22. The minimum Gasteiger partial charge on any atom is -0.493 e. The average molecular weight is 383 g/mol. The molecule has 0 saturated heterocycles. The van der Waals surface area contributed by atoms with Gasteiger partial charge in [-0.3, -0.25) is 4.98 Å². The van der Waals surface area contributed by atoms with E-state index in [2.05, 4.69) is 12.2 Å². The van der Waals surface area contributed by atoms with Gasteiger partial charge in [0.1, 0.15) is 11.6 Å². The molecule has 3 aromatic rings. The van der Waals surface area contributed by atoms with Gasteiger partial charge in [-0.25, -0.2) is 4.39 Å². The Bertz CT molecular complexity index is 945. The van der Waals surface area contributed by atoms with Gasteiger partial charge in [-0.15, -0.1) is 0 Å². The van der Waals surface area contributed by atoms with Crippen LogP contribution in [0.4, 0.5) is 10.1 Å². The molecule has 1 aromatic heterocycles. The Kier molecular flexibility index (Phi) is 6.31. The van der Waals surface area contributed by atoms with Crippen LogP contribution in [0, 0.1) is 12.7 Å². The summed E-state index contributed by atoms with van der Waals surface area (Å²) in [6.45, 7) is 4.73. The molecule has 1 heterocycles. The minimum absolute atomic E-state index is 0.239. The quantitative estimate of drug-likeness (QED) is 0.571. The van der Waals surface area contributed by atoms with Crippen LogP contribution >= 0.6 is 0 Å². The summed E-state index contributed by atoms with van der Waals surface area (Å²) in [5, 5.41) is 4.34. The molecule has 5 nitrogen and oxygen atoms in total. The van der Waals surface area contributed by atoms with Crippen LogP contribution in [-0.2, 0) is 0 Å². The summed E-state index contributed by atoms with van der Waals surface area (Å²) in [6.07, 6.45) is 1.90. The van der Waals surface area contributed by atoms with Crippen molar-refractivity contribution in [1.82, 2.24) is 4.98 Å². The standard InChI is InChI=1S/C22H26FN3O2/c1-14(5-4-12-24)25-19-13-20(27-3)22(18-11-6-15(2)26-21(18)19)28-17-9-7-16(23)8-10-17/h6-11,13-14,25H,4-5,12,24H2,1-3H3/t14-/m1/s1. The van der Waals surface area contributed by atoms with Gasteiger partial charge in [-0.1, -0.05) is 0 Å². The Morgan fingerprint density at radius 3 is 2.61 bits per heavy atom. The third-order valence-corrected chi connectivity index (χ3v) is 4.53. The van der Waals surface area contributed by atoms with E-state index in [-0.39, 0.29) is 11.9 Å². The number of ether oxygens (including phenoxy) is 2. The monoisotopic (exact) mass is 383 g/mol. The number of aromatic nitrogens is 1. The zero-order chi connectivity index (χ0) is 20.1. The summed E-state index contributed by atoms with van der Waals surface area (Å²) in [4.78, 5) is 4.72. The van der Waals surface area contributed by atoms with Crippen LogP contribution in [0.5, 0.6) is 17.2 Å². The molecule has 0 amide bonds. The number of hydrogen-bond acceptors (Lipinski definition) is 5. The molecule has 3 rings (SSSR count). The Hall–Kier alpha value is -2.86. The van der Waals surface area contributed by atoms with E-state index in [1.807, 2.05) is 25.1 Å². The van der Waals surface area contributed by atoms with Crippen molar-refractivity contribution in [3.63, 3.8) is 0 Å². The van der Waals surface area contributed by atoms with Crippen LogP contribution in [0.3, 0.4) is 0 Å². The van der Waals surface area contributed by atoms with Gasteiger partial charge in [0.25, 0.3) is 0 Å². The lowest BCUT2D eigenvalue weighted by Gasteiger charge is -2.20. The number of pyridine rings is 1. The van der Waals surface area contributed by atoms with E-state index in [0.29, 0.717) is 23.8 Å². The first-order valence-electron chi connectivity index (χ1n) is 9.40. The van der Waals surface area contributed by atoms with Crippen LogP contribution in [0.25, 0.3) is 10.9 Å². The first-order chi connectivity index (χ1) is 13.5. The van der Waals surface area contributed by atoms with Crippen molar-refractivity contribution in [1.29, 1.82) is 0 Å². The van der Waals surface area contributed by atoms with Crippen molar-refractivity contribution in [2.75, 3.05) is 19.0 Å². The first kappa shape index (κ1) is 19.9. The number of halogens is 1. The predicted octanol–water partition coefficient (Wildman–Crippen LogP) is 5.02. The molecule has 0 aliphatic heterocycles. The van der Waals surface area contributed by atoms with Gasteiger partial charge in [-0.05, 0) is 69.6 Å². The normalized spacial score (nSPS) is 12.0. The van der Waals surface area contributed by atoms with Gasteiger partial charge in [0, 0.05) is 23.2 Å². The maximum Gasteiger partial charge on any atom is 0.178 e. The highest BCUT2D eigenvalue weighted by molar-refractivity contribution is 5.97. The largest absolute Gasteiger partial charge is 0.493 e. The molecule has 0 aliphatic carbocycles. The van der Waals surface area contributed by atoms with Gasteiger partial charge in [0.05, 0.1) is 18.3 Å². The first-order valence-corrected chi connectivity index (χ1v) is 9.40. The van der Waals surface area contributed by atoms with E-state index in [9.17, 15) is 4.39 Å². The molecule has 2 aromatic carbocycles. The van der Waals surface area contributed by atoms with Gasteiger partial charge < -0.3 is 20.5 Å². The van der Waals surface area contributed by atoms with Crippen molar-refractivity contribution in [3.05, 3.63) is 54.0 Å². The molecule has 6 heteroatoms. The number of fused-ring (bicyclic) bond motifs is 1. The zero-order valence-electron chi connectivity index (χ0n) is 16.5. The number of aryl methyl sites for hydroxylation is 1. The third-order valence-electron chi connectivity index (χ3n) is 4.53. The van der Waals surface area contributed by atoms with E-state index >= 15 is 0 Å². The number of nitrogens with one attached hydrogen (secondary N) is 1. The number of benzene rings is 2. The number of nitrogens with zero attached hydrogens (tertiary/aromatic N) is 1. The molecular formula is C22H26FN3O2. The lowest BCUT2D eigenvalue weighted by molar-refractivity contribution is 0.381. The lowest BCUT2D eigenvalue weighted by Crippen LogP contribution is -2.17. The highest BCUT2D eigenvalue weighted by atomic mass is 19.1. The lowest BCUT2D eigenvalue weighted by atomic mass is 10.1. The molecule has 28 heavy (non-hydrogen) atoms. The topological polar surface area (TPSA) is 69.4 Å². The molecule has 0 radical (unpaired) electrons. The molecular weight excluding hydrogens is 357 g/mol. The van der Waals surface area contributed by atoms with E-state index in [1.165, 1.54) is 12.1 Å². The van der Waals surface area contributed by atoms with Crippen LogP contribution < -0.4 is 20.5 Å². The third kappa shape index (κ3) is 4.51. The Morgan fingerprint density at radius 2 is 1.93 bits per heavy atom. The van der Waals surface area contributed by atoms with E-state index in [4.69, 9.17) is 20.2 Å². The molecule has 148 valence electrons. The second-order valence-electron chi connectivity index (χ2n) is 6.84. The molecule has 0 fully saturated rings. The number of rotatable bonds is 8. The molecule has 0 aliphatic rings. The molecule has 3 N–H and O–H groups in total. The summed E-state index contributed by atoms with van der Waals surface area (Å²) in [6, 6.07) is 11.9. The summed E-state index contributed by atoms with van der Waals surface area (Å²) in [7, 11) is 1.60. The Balaban J connectivity index is 2.06. The number of methoxy groups -OCH3 is 1. The fraction of sp³-hybridized carbons (Fsp3) is 0.318. The van der Waals surface area contributed by atoms with Gasteiger partial charge in [0.2, 0.25) is 0 Å². The van der Waals surface area contributed by atoms with Crippen LogP contribution in [0.15, 0.2) is 42.5 Å². The number of nitrogens with two attached hydrogens (primary N) is 1. The van der Waals surface area contributed by atoms with Crippen molar-refractivity contribution >= 4 is 16.6 Å². The van der Waals surface area contributed by atoms with E-state index < -0.39 is 0 Å². The Labute approximate surface area is 164 Å². The number of hydrogen-bond donors (Lipinski definition) is 2. The second-order valence-corrected chi connectivity index (χ2v) is 6.84. The molecule has 0 saturated carbocycles. The smallest absolute Gasteiger partial charge is 0.178 e. The zero-order valence-corrected chi connectivity index (χ0v) is 16.5. The van der Waals surface area contributed by atoms with Gasteiger partial charge in [0.15, 0.2) is 11.5 Å². The Morgan fingerprint density at radius 1 is 1.18 bits per heavy atom. The fourth-order valence-electron chi connectivity index (χ4n) is 3.09. The summed E-state index contributed by atoms with van der Waals surface area (Å²) >= 11 is 0. The van der Waals surface area contributed by atoms with Crippen molar-refractivity contribution in [3.8, 4) is 17.2 Å². The van der Waals surface area contributed by atoms with E-state index in [0.717, 1.165) is 35.1 Å². The second kappa shape index (κ2) is 8.89. The maximum absolute atomic E-state index is 13.2. The van der Waals surface area contributed by atoms with Crippen LogP contribution in [0.1, 0.15) is 25.5 Å². The molecule has 0 spiro atoms. The van der Waals surface area contributed by atoms with Crippen LogP contribution in [0.2, 0.25) is 0 Å². The van der Waals surface area contributed by atoms with Crippen LogP contribution in [-0.4, -0.2) is 24.7 Å². The van der Waals surface area contributed by atoms with Gasteiger partial charge in [-0.2, -0.15) is 0 Å². The molecule has 1 atom stereocenters. The summed E-state index contributed by atoms with van der Waals surface area (Å²) in [5.74, 6) is 1.35. The van der Waals surface area contributed by atoms with E-state index in [1.54, 1.807) is 19.2 Å². The SMILES string of the molecule is COc1cc(N[C@H](C)CCCN)c2nc(C)ccc2c1Oc1ccc(F)cc1. The fourth-order valence-corrected chi connectivity index (χ4v) is 3.09. The minimum atomic E-state index is -0.313. The van der Waals surface area contributed by atoms with Crippen molar-refractivity contribution in [2.24, 2.45) is 5.73 Å². The average Bonchev–Trinajstić information content (AvgIpc) is 2.69. The predicted molar refractivity (Wildman–Crippen MR) is 111 cm³/mol. The van der Waals surface area contributed by atoms with Crippen molar-refractivity contribution < 1.29 is 13.9 Å². The molecule has 0 unspecified atom stereocenters. The maximum atomic E-state index is 13.2. The van der Waals surface area contributed by atoms with Crippen molar-refractivity contribution in [2.45, 2.75) is 32.7 Å². The number of anilines is 1. The highest BCUT2D eigenvalue weighted by Gasteiger charge is 2.17. The highest BCUT2D eigenvalue weighted by Crippen LogP contribution is 2.42. The summed E-state index contributed by atoms with van der Waals surface area (Å²) < 4.78 is 24.9. The molecule has 0 bridgehead atoms. The van der Waals surface area contributed by atoms with Gasteiger partial charge >= 0.3 is 0 Å².